The first-order valence-corrected chi connectivity index (χ1v) is 20.4. The maximum absolute atomic E-state index is 2.82. The van der Waals surface area contributed by atoms with Gasteiger partial charge in [-0.15, -0.1) is 0 Å². The first-order chi connectivity index (χ1) is 22.6. The Labute approximate surface area is 285 Å². The molecule has 0 N–H and O–H groups in total. The maximum atomic E-state index is 2.82. The molecule has 1 atom stereocenters. The van der Waals surface area contributed by atoms with Crippen LogP contribution in [0.4, 0.5) is 0 Å². The Bertz CT molecular complexity index is 1590. The lowest BCUT2D eigenvalue weighted by atomic mass is 9.48. The minimum Gasteiger partial charge on any atom is -0.0645 e. The summed E-state index contributed by atoms with van der Waals surface area (Å²) in [6, 6.07) is 16.4. The summed E-state index contributed by atoms with van der Waals surface area (Å²) in [6.45, 7) is 9.84. The molecule has 0 heterocycles. The molecule has 8 fully saturated rings. The molecule has 0 heteroatoms. The lowest BCUT2D eigenvalue weighted by Gasteiger charge is -2.57. The quantitative estimate of drug-likeness (QED) is 0.318. The van der Waals surface area contributed by atoms with Crippen molar-refractivity contribution in [2.75, 3.05) is 0 Å². The lowest BCUT2D eigenvalue weighted by Crippen LogP contribution is -2.48. The summed E-state index contributed by atoms with van der Waals surface area (Å²) in [5, 5.41) is 0. The van der Waals surface area contributed by atoms with Crippen molar-refractivity contribution in [2.24, 2.45) is 46.3 Å². The number of fused-ring (bicyclic) bond motifs is 3. The predicted molar refractivity (Wildman–Crippen MR) is 195 cm³/mol. The van der Waals surface area contributed by atoms with Crippen LogP contribution in [0.5, 0.6) is 0 Å². The van der Waals surface area contributed by atoms with Gasteiger partial charge in [0.05, 0.1) is 0 Å². The molecule has 8 bridgehead atoms. The Hall–Kier alpha value is -2.08. The lowest BCUT2D eigenvalue weighted by molar-refractivity contribution is -0.00534. The first kappa shape index (κ1) is 28.7. The number of benzene rings is 2. The van der Waals surface area contributed by atoms with E-state index in [4.69, 9.17) is 0 Å². The fourth-order valence-corrected chi connectivity index (χ4v) is 15.7. The minimum atomic E-state index is 0.229. The third kappa shape index (κ3) is 3.89. The molecule has 0 nitrogen and oxygen atoms in total. The van der Waals surface area contributed by atoms with Crippen molar-refractivity contribution in [3.05, 3.63) is 81.4 Å². The van der Waals surface area contributed by atoms with Crippen LogP contribution in [0, 0.1) is 46.3 Å². The highest BCUT2D eigenvalue weighted by atomic mass is 14.6. The van der Waals surface area contributed by atoms with Crippen molar-refractivity contribution in [3.63, 3.8) is 0 Å². The zero-order valence-corrected chi connectivity index (χ0v) is 29.9. The van der Waals surface area contributed by atoms with E-state index in [0.29, 0.717) is 16.7 Å². The topological polar surface area (TPSA) is 0 Å². The summed E-state index contributed by atoms with van der Waals surface area (Å²) in [5.74, 6) is 6.47. The largest absolute Gasteiger partial charge is 0.0645 e. The third-order valence-corrected chi connectivity index (χ3v) is 17.0. The van der Waals surface area contributed by atoms with Gasteiger partial charge < -0.3 is 0 Å². The summed E-state index contributed by atoms with van der Waals surface area (Å²) < 4.78 is 0. The second kappa shape index (κ2) is 9.37. The molecule has 47 heavy (non-hydrogen) atoms. The van der Waals surface area contributed by atoms with Crippen molar-refractivity contribution < 1.29 is 0 Å². The van der Waals surface area contributed by atoms with Crippen LogP contribution in [-0.2, 0) is 10.8 Å². The molecular weight excluding hydrogens is 565 g/mol. The van der Waals surface area contributed by atoms with E-state index in [9.17, 15) is 0 Å². The average Bonchev–Trinajstić information content (AvgIpc) is 3.70. The van der Waals surface area contributed by atoms with Crippen LogP contribution in [0.2, 0.25) is 0 Å². The SMILES string of the molecule is CCC1(C2c3ccc(C45CC6CC(CC(C6)C4)C5)cc3-c3cc(C45CC6CC(CC(C6)C4)C5)ccc32)CCC2=C1C=C(C(C)(C)C)C2. The van der Waals surface area contributed by atoms with Crippen LogP contribution in [0.3, 0.4) is 0 Å². The van der Waals surface area contributed by atoms with Crippen LogP contribution in [0.1, 0.15) is 159 Å². The maximum Gasteiger partial charge on any atom is 0.0199 e. The molecule has 0 spiro atoms. The molecule has 11 aliphatic rings. The van der Waals surface area contributed by atoms with Crippen molar-refractivity contribution in [3.8, 4) is 11.1 Å². The van der Waals surface area contributed by atoms with E-state index in [2.05, 4.69) is 70.2 Å². The Morgan fingerprint density at radius 1 is 0.638 bits per heavy atom. The average molecular weight is 623 g/mol. The normalized spacial score (nSPS) is 43.5. The summed E-state index contributed by atoms with van der Waals surface area (Å²) in [5.41, 5.74) is 16.8. The van der Waals surface area contributed by atoms with Crippen LogP contribution in [0.25, 0.3) is 11.1 Å². The zero-order valence-electron chi connectivity index (χ0n) is 29.9. The Kier molecular flexibility index (Phi) is 5.73. The van der Waals surface area contributed by atoms with Crippen LogP contribution < -0.4 is 0 Å². The molecule has 8 saturated carbocycles. The summed E-state index contributed by atoms with van der Waals surface area (Å²) in [4.78, 5) is 0. The number of hydrogen-bond donors (Lipinski definition) is 0. The molecule has 246 valence electrons. The van der Waals surface area contributed by atoms with Gasteiger partial charge in [0, 0.05) is 11.3 Å². The number of rotatable bonds is 4. The highest BCUT2D eigenvalue weighted by Crippen LogP contribution is 2.67. The van der Waals surface area contributed by atoms with Gasteiger partial charge in [-0.05, 0) is 193 Å². The molecular formula is C47H58. The molecule has 0 saturated heterocycles. The molecule has 2 aromatic carbocycles. The van der Waals surface area contributed by atoms with Gasteiger partial charge in [-0.1, -0.05) is 81.3 Å². The Morgan fingerprint density at radius 2 is 1.09 bits per heavy atom. The molecule has 0 amide bonds. The second-order valence-electron chi connectivity index (χ2n) is 20.6. The van der Waals surface area contributed by atoms with Gasteiger partial charge in [0.15, 0.2) is 0 Å². The van der Waals surface area contributed by atoms with Crippen molar-refractivity contribution in [1.82, 2.24) is 0 Å². The summed E-state index contributed by atoms with van der Waals surface area (Å²) in [6.07, 6.45) is 25.8. The summed E-state index contributed by atoms with van der Waals surface area (Å²) >= 11 is 0. The van der Waals surface area contributed by atoms with E-state index in [1.54, 1.807) is 50.1 Å². The first-order valence-electron chi connectivity index (χ1n) is 20.4. The van der Waals surface area contributed by atoms with E-state index in [0.717, 1.165) is 35.5 Å². The van der Waals surface area contributed by atoms with E-state index in [1.807, 2.05) is 0 Å². The van der Waals surface area contributed by atoms with Gasteiger partial charge >= 0.3 is 0 Å². The number of hydrogen-bond acceptors (Lipinski definition) is 0. The summed E-state index contributed by atoms with van der Waals surface area (Å²) in [7, 11) is 0. The van der Waals surface area contributed by atoms with Gasteiger partial charge in [0.2, 0.25) is 0 Å². The predicted octanol–water partition coefficient (Wildman–Crippen LogP) is 12.6. The molecule has 2 aromatic rings. The van der Waals surface area contributed by atoms with Crippen molar-refractivity contribution >= 4 is 0 Å². The second-order valence-corrected chi connectivity index (χ2v) is 20.6. The Balaban J connectivity index is 1.08. The van der Waals surface area contributed by atoms with E-state index < -0.39 is 0 Å². The van der Waals surface area contributed by atoms with Crippen LogP contribution in [0.15, 0.2) is 59.2 Å². The van der Waals surface area contributed by atoms with Crippen molar-refractivity contribution in [2.45, 2.75) is 147 Å². The third-order valence-electron chi connectivity index (χ3n) is 17.0. The zero-order chi connectivity index (χ0) is 31.5. The Morgan fingerprint density at radius 3 is 1.49 bits per heavy atom. The fraction of sp³-hybridized carbons (Fsp3) is 0.660. The smallest absolute Gasteiger partial charge is 0.0199 e. The minimum absolute atomic E-state index is 0.229. The molecule has 1 unspecified atom stereocenters. The number of allylic oxidation sites excluding steroid dienone is 4. The highest BCUT2D eigenvalue weighted by molar-refractivity contribution is 5.82. The molecule has 11 aliphatic carbocycles. The molecule has 0 aromatic heterocycles. The monoisotopic (exact) mass is 622 g/mol. The fourth-order valence-electron chi connectivity index (χ4n) is 15.7. The van der Waals surface area contributed by atoms with Crippen molar-refractivity contribution in [1.29, 1.82) is 0 Å². The van der Waals surface area contributed by atoms with Gasteiger partial charge in [0.1, 0.15) is 0 Å². The molecule has 13 rings (SSSR count). The standard InChI is InChI=1S/C47H58/c1-5-47(11-10-34-18-37(21-42(34)47)44(2,3)4)43-38-8-6-35(45-22-28-12-29(23-45)14-30(13-28)24-45)19-40(38)41-20-36(7-9-39(41)43)46-25-31-15-32(26-46)17-33(16-31)27-46/h6-9,19-21,28-33,43H,5,10-18,22-27H2,1-4H3. The van der Waals surface area contributed by atoms with Gasteiger partial charge in [-0.2, -0.15) is 0 Å². The van der Waals surface area contributed by atoms with E-state index in [1.165, 1.54) is 103 Å². The van der Waals surface area contributed by atoms with Crippen LogP contribution in [-0.4, -0.2) is 0 Å². The van der Waals surface area contributed by atoms with Gasteiger partial charge in [0.25, 0.3) is 0 Å². The highest BCUT2D eigenvalue weighted by Gasteiger charge is 2.55. The van der Waals surface area contributed by atoms with E-state index in [-0.39, 0.29) is 10.8 Å². The van der Waals surface area contributed by atoms with Crippen LogP contribution >= 0.6 is 0 Å². The van der Waals surface area contributed by atoms with Gasteiger partial charge in [-0.25, -0.2) is 0 Å². The van der Waals surface area contributed by atoms with E-state index >= 15 is 0 Å². The van der Waals surface area contributed by atoms with Gasteiger partial charge in [-0.3, -0.25) is 0 Å². The molecule has 0 aliphatic heterocycles. The molecule has 0 radical (unpaired) electrons.